The molecule has 2 aromatic heterocycles. The molecule has 1 atom stereocenters. The standard InChI is InChI=1S/C20H29N5O.3C2HF3O2/c1-23-12-9-22-19(23)15-25-10-5-20(6-11-25)13-18(16-26-20)24(2)14-17-3-7-21-8-4-17;3*3-2(4,5)1(6)7/h3-4,7-9,12,18H,5-6,10-11,13-16H2,1-2H3;3*(H,6,7). The van der Waals surface area contributed by atoms with Crippen LogP contribution in [-0.4, -0.2) is 114 Å². The molecule has 12 nitrogen and oxygen atoms in total. The number of aliphatic carboxylic acids is 3. The van der Waals surface area contributed by atoms with E-state index >= 15 is 0 Å². The first kappa shape index (κ1) is 41.0. The molecule has 266 valence electrons. The van der Waals surface area contributed by atoms with Gasteiger partial charge in [0.2, 0.25) is 0 Å². The van der Waals surface area contributed by atoms with Crippen LogP contribution in [0.1, 0.15) is 30.7 Å². The van der Waals surface area contributed by atoms with Crippen LogP contribution >= 0.6 is 0 Å². The minimum Gasteiger partial charge on any atom is -0.475 e. The third kappa shape index (κ3) is 15.0. The summed E-state index contributed by atoms with van der Waals surface area (Å²) in [5.74, 6) is -7.13. The topological polar surface area (TPSA) is 158 Å². The van der Waals surface area contributed by atoms with E-state index in [1.54, 1.807) is 0 Å². The van der Waals surface area contributed by atoms with Crippen LogP contribution in [0.5, 0.6) is 0 Å². The molecule has 3 N–H and O–H groups in total. The number of carboxylic acid groups (broad SMARTS) is 3. The van der Waals surface area contributed by atoms with Crippen molar-refractivity contribution in [1.29, 1.82) is 0 Å². The van der Waals surface area contributed by atoms with Gasteiger partial charge in [-0.25, -0.2) is 19.4 Å². The molecule has 2 aliphatic heterocycles. The number of rotatable bonds is 5. The normalized spacial score (nSPS) is 17.8. The van der Waals surface area contributed by atoms with Gasteiger partial charge >= 0.3 is 36.4 Å². The number of carbonyl (C=O) groups is 3. The Balaban J connectivity index is 0.000000430. The highest BCUT2D eigenvalue weighted by atomic mass is 19.4. The van der Waals surface area contributed by atoms with Crippen LogP contribution < -0.4 is 0 Å². The van der Waals surface area contributed by atoms with E-state index in [2.05, 4.69) is 50.6 Å². The van der Waals surface area contributed by atoms with Crippen LogP contribution in [0.15, 0.2) is 36.9 Å². The number of hydrogen-bond donors (Lipinski definition) is 3. The maximum absolute atomic E-state index is 10.6. The Morgan fingerprint density at radius 3 is 1.72 bits per heavy atom. The summed E-state index contributed by atoms with van der Waals surface area (Å²) >= 11 is 0. The van der Waals surface area contributed by atoms with E-state index in [4.69, 9.17) is 34.4 Å². The van der Waals surface area contributed by atoms with Crippen LogP contribution in [0.4, 0.5) is 39.5 Å². The average Bonchev–Trinajstić information content (AvgIpc) is 3.56. The van der Waals surface area contributed by atoms with Crippen LogP contribution in [-0.2, 0) is 39.3 Å². The summed E-state index contributed by atoms with van der Waals surface area (Å²) in [6.45, 7) is 4.92. The fourth-order valence-corrected chi connectivity index (χ4v) is 4.22. The summed E-state index contributed by atoms with van der Waals surface area (Å²) in [5.41, 5.74) is 1.39. The molecular formula is C26H32F9N5O7. The molecule has 0 saturated carbocycles. The lowest BCUT2D eigenvalue weighted by atomic mass is 9.87. The van der Waals surface area contributed by atoms with Crippen molar-refractivity contribution in [2.45, 2.75) is 62.5 Å². The average molecular weight is 698 g/mol. The third-order valence-electron chi connectivity index (χ3n) is 6.78. The van der Waals surface area contributed by atoms with Crippen molar-refractivity contribution in [3.8, 4) is 0 Å². The predicted octanol–water partition coefficient (Wildman–Crippen LogP) is 3.97. The number of aryl methyl sites for hydroxylation is 1. The molecule has 0 amide bonds. The Kier molecular flexibility index (Phi) is 15.1. The van der Waals surface area contributed by atoms with Crippen molar-refractivity contribution in [2.24, 2.45) is 7.05 Å². The molecule has 2 saturated heterocycles. The first-order chi connectivity index (χ1) is 21.5. The van der Waals surface area contributed by atoms with Crippen molar-refractivity contribution >= 4 is 17.9 Å². The van der Waals surface area contributed by atoms with Crippen LogP contribution in [0.2, 0.25) is 0 Å². The zero-order valence-electron chi connectivity index (χ0n) is 24.8. The molecule has 1 spiro atoms. The number of halogens is 9. The second kappa shape index (κ2) is 17.3. The Morgan fingerprint density at radius 2 is 1.34 bits per heavy atom. The molecule has 21 heteroatoms. The highest BCUT2D eigenvalue weighted by Crippen LogP contribution is 2.38. The predicted molar refractivity (Wildman–Crippen MR) is 142 cm³/mol. The largest absolute Gasteiger partial charge is 0.490 e. The molecular weight excluding hydrogens is 665 g/mol. The quantitative estimate of drug-likeness (QED) is 0.389. The number of pyridine rings is 1. The molecule has 1 unspecified atom stereocenters. The lowest BCUT2D eigenvalue weighted by Crippen LogP contribution is -2.44. The zero-order chi connectivity index (χ0) is 36.2. The second-order valence-corrected chi connectivity index (χ2v) is 10.3. The van der Waals surface area contributed by atoms with Crippen molar-refractivity contribution in [3.63, 3.8) is 0 Å². The van der Waals surface area contributed by atoms with Crippen molar-refractivity contribution in [1.82, 2.24) is 24.3 Å². The monoisotopic (exact) mass is 697 g/mol. The Morgan fingerprint density at radius 1 is 0.894 bits per heavy atom. The van der Waals surface area contributed by atoms with Gasteiger partial charge in [0.05, 0.1) is 18.8 Å². The van der Waals surface area contributed by atoms with Crippen molar-refractivity contribution in [2.75, 3.05) is 26.7 Å². The number of hydrogen-bond acceptors (Lipinski definition) is 8. The van der Waals surface area contributed by atoms with Gasteiger partial charge in [0, 0.05) is 57.5 Å². The molecule has 2 fully saturated rings. The summed E-state index contributed by atoms with van der Waals surface area (Å²) in [5, 5.41) is 21.4. The lowest BCUT2D eigenvalue weighted by Gasteiger charge is -2.38. The van der Waals surface area contributed by atoms with E-state index < -0.39 is 36.4 Å². The summed E-state index contributed by atoms with van der Waals surface area (Å²) in [6, 6.07) is 4.69. The van der Waals surface area contributed by atoms with Crippen LogP contribution in [0.3, 0.4) is 0 Å². The van der Waals surface area contributed by atoms with E-state index in [0.29, 0.717) is 6.04 Å². The number of likely N-dealkylation sites (N-methyl/N-ethyl adjacent to an activating group) is 1. The van der Waals surface area contributed by atoms with Crippen molar-refractivity contribution in [3.05, 3.63) is 48.3 Å². The molecule has 2 aliphatic rings. The molecule has 4 rings (SSSR count). The van der Waals surface area contributed by atoms with E-state index in [-0.39, 0.29) is 5.60 Å². The van der Waals surface area contributed by atoms with E-state index in [1.807, 2.05) is 24.8 Å². The van der Waals surface area contributed by atoms with Gasteiger partial charge < -0.3 is 24.6 Å². The number of piperidine rings is 1. The lowest BCUT2D eigenvalue weighted by molar-refractivity contribution is -0.193. The SMILES string of the molecule is CN(Cc1ccncc1)C1COC2(CCN(Cc3nccn3C)CC2)C1.O=C(O)C(F)(F)F.O=C(O)C(F)(F)F.O=C(O)C(F)(F)F. The number of carboxylic acids is 3. The van der Waals surface area contributed by atoms with E-state index in [1.165, 1.54) is 5.56 Å². The third-order valence-corrected chi connectivity index (χ3v) is 6.78. The van der Waals surface area contributed by atoms with Crippen LogP contribution in [0.25, 0.3) is 0 Å². The van der Waals surface area contributed by atoms with Gasteiger partial charge in [0.15, 0.2) is 0 Å². The van der Waals surface area contributed by atoms with Crippen LogP contribution in [0, 0.1) is 0 Å². The summed E-state index contributed by atoms with van der Waals surface area (Å²) in [7, 11) is 4.28. The fourth-order valence-electron chi connectivity index (χ4n) is 4.22. The minimum atomic E-state index is -5.08. The Labute approximate surface area is 261 Å². The Bertz CT molecular complexity index is 1220. The highest BCUT2D eigenvalue weighted by molar-refractivity contribution is 5.73. The van der Waals surface area contributed by atoms with Gasteiger partial charge in [-0.2, -0.15) is 39.5 Å². The number of nitrogens with zero attached hydrogens (tertiary/aromatic N) is 5. The van der Waals surface area contributed by atoms with E-state index in [9.17, 15) is 39.5 Å². The molecule has 47 heavy (non-hydrogen) atoms. The Hall–Kier alpha value is -3.98. The molecule has 0 radical (unpaired) electrons. The smallest absolute Gasteiger partial charge is 0.475 e. The van der Waals surface area contributed by atoms with Gasteiger partial charge in [-0.15, -0.1) is 0 Å². The minimum absolute atomic E-state index is 0.0787. The molecule has 0 bridgehead atoms. The van der Waals surface area contributed by atoms with Gasteiger partial charge in [0.1, 0.15) is 5.82 Å². The van der Waals surface area contributed by atoms with E-state index in [0.717, 1.165) is 57.9 Å². The number of imidazole rings is 1. The molecule has 2 aromatic rings. The van der Waals surface area contributed by atoms with Gasteiger partial charge in [0.25, 0.3) is 0 Å². The number of alkyl halides is 9. The number of aromatic nitrogens is 3. The zero-order valence-corrected chi connectivity index (χ0v) is 24.8. The van der Waals surface area contributed by atoms with Gasteiger partial charge in [-0.05, 0) is 44.0 Å². The molecule has 0 aliphatic carbocycles. The summed E-state index contributed by atoms with van der Waals surface area (Å²) in [4.78, 5) is 40.2. The number of ether oxygens (including phenoxy) is 1. The second-order valence-electron chi connectivity index (χ2n) is 10.3. The maximum Gasteiger partial charge on any atom is 0.490 e. The number of likely N-dealkylation sites (tertiary alicyclic amines) is 1. The van der Waals surface area contributed by atoms with Gasteiger partial charge in [-0.1, -0.05) is 0 Å². The summed E-state index contributed by atoms with van der Waals surface area (Å²) in [6.07, 6.45) is -4.23. The molecule has 0 aromatic carbocycles. The van der Waals surface area contributed by atoms with Gasteiger partial charge in [-0.3, -0.25) is 14.8 Å². The van der Waals surface area contributed by atoms with Crippen molar-refractivity contribution < 1.29 is 74.0 Å². The molecule has 4 heterocycles. The summed E-state index contributed by atoms with van der Waals surface area (Å²) < 4.78 is 104. The fraction of sp³-hybridized carbons (Fsp3) is 0.577. The first-order valence-electron chi connectivity index (χ1n) is 13.3. The first-order valence-corrected chi connectivity index (χ1v) is 13.3. The highest BCUT2D eigenvalue weighted by Gasteiger charge is 2.44. The maximum atomic E-state index is 10.6.